The van der Waals surface area contributed by atoms with Crippen LogP contribution in [-0.4, -0.2) is 10.5 Å². The summed E-state index contributed by atoms with van der Waals surface area (Å²) in [5, 5.41) is 0. The number of carbonyl (C=O) groups is 1. The number of benzene rings is 2. The zero-order valence-electron chi connectivity index (χ0n) is 13.3. The van der Waals surface area contributed by atoms with Crippen molar-refractivity contribution in [2.75, 3.05) is 0 Å². The first kappa shape index (κ1) is 16.2. The van der Waals surface area contributed by atoms with Crippen molar-refractivity contribution in [3.05, 3.63) is 63.7 Å². The molecule has 0 aliphatic heterocycles. The number of hydrogen-bond donors (Lipinski definition) is 0. The van der Waals surface area contributed by atoms with Gasteiger partial charge < -0.3 is 4.57 Å². The van der Waals surface area contributed by atoms with Gasteiger partial charge in [-0.05, 0) is 61.4 Å². The molecule has 0 saturated heterocycles. The minimum absolute atomic E-state index is 0.331. The molecule has 1 heterocycles. The topological polar surface area (TPSA) is 34.4 Å². The molecule has 3 rings (SSSR count). The van der Waals surface area contributed by atoms with E-state index in [-0.39, 0.29) is 5.82 Å². The molecule has 0 fully saturated rings. The fraction of sp³-hybridized carbons (Fsp3) is 0.158. The van der Waals surface area contributed by atoms with Crippen LogP contribution in [0.25, 0.3) is 10.2 Å². The van der Waals surface area contributed by atoms with Gasteiger partial charge in [0.05, 0.1) is 16.8 Å². The van der Waals surface area contributed by atoms with E-state index in [9.17, 15) is 9.18 Å². The molecule has 3 aromatic rings. The molecule has 3 nitrogen and oxygen atoms in total. The average molecular weight is 338 g/mol. The van der Waals surface area contributed by atoms with Gasteiger partial charge in [0, 0.05) is 5.56 Å². The average Bonchev–Trinajstić information content (AvgIpc) is 2.86. The van der Waals surface area contributed by atoms with Crippen molar-refractivity contribution >= 4 is 27.5 Å². The van der Waals surface area contributed by atoms with Gasteiger partial charge in [0.25, 0.3) is 5.91 Å². The highest BCUT2D eigenvalue weighted by atomic mass is 32.1. The molecule has 0 radical (unpaired) electrons. The number of hydrogen-bond acceptors (Lipinski definition) is 2. The van der Waals surface area contributed by atoms with E-state index in [1.54, 1.807) is 0 Å². The fourth-order valence-corrected chi connectivity index (χ4v) is 3.50. The molecule has 0 saturated carbocycles. The van der Waals surface area contributed by atoms with Crippen molar-refractivity contribution in [1.82, 2.24) is 4.57 Å². The molecule has 5 heteroatoms. The third-order valence-corrected chi connectivity index (χ3v) is 4.88. The smallest absolute Gasteiger partial charge is 0.279 e. The third kappa shape index (κ3) is 3.01. The zero-order valence-corrected chi connectivity index (χ0v) is 14.2. The Morgan fingerprint density at radius 1 is 1.25 bits per heavy atom. The lowest BCUT2D eigenvalue weighted by Crippen LogP contribution is -2.16. The van der Waals surface area contributed by atoms with Gasteiger partial charge in [-0.25, -0.2) is 4.39 Å². The zero-order chi connectivity index (χ0) is 17.3. The number of carbonyl (C=O) groups excluding carboxylic acids is 1. The van der Waals surface area contributed by atoms with Gasteiger partial charge in [-0.1, -0.05) is 17.3 Å². The number of amides is 1. The van der Waals surface area contributed by atoms with Crippen LogP contribution in [0, 0.1) is 32.0 Å². The number of terminal acetylenes is 1. The Balaban J connectivity index is 2.17. The predicted molar refractivity (Wildman–Crippen MR) is 94.4 cm³/mol. The molecule has 0 aliphatic carbocycles. The lowest BCUT2D eigenvalue weighted by Gasteiger charge is -2.03. The quantitative estimate of drug-likeness (QED) is 0.654. The molecule has 0 unspecified atom stereocenters. The highest BCUT2D eigenvalue weighted by molar-refractivity contribution is 7.16. The van der Waals surface area contributed by atoms with Crippen LogP contribution in [0.1, 0.15) is 21.5 Å². The highest BCUT2D eigenvalue weighted by Crippen LogP contribution is 2.22. The Hall–Kier alpha value is -2.71. The van der Waals surface area contributed by atoms with Crippen molar-refractivity contribution < 1.29 is 9.18 Å². The van der Waals surface area contributed by atoms with Crippen LogP contribution in [0.15, 0.2) is 41.4 Å². The first-order chi connectivity index (χ1) is 11.5. The van der Waals surface area contributed by atoms with Crippen molar-refractivity contribution in [2.24, 2.45) is 4.99 Å². The summed E-state index contributed by atoms with van der Waals surface area (Å²) in [5.74, 6) is 1.80. The normalized spacial score (nSPS) is 11.7. The maximum absolute atomic E-state index is 13.0. The molecule has 0 spiro atoms. The molecular weight excluding hydrogens is 323 g/mol. The number of thiazole rings is 1. The maximum Gasteiger partial charge on any atom is 0.279 e. The molecule has 0 bridgehead atoms. The molecule has 1 amide bonds. The third-order valence-electron chi connectivity index (χ3n) is 3.84. The van der Waals surface area contributed by atoms with E-state index in [1.807, 2.05) is 18.4 Å². The molecule has 2 aromatic carbocycles. The second-order valence-corrected chi connectivity index (χ2v) is 6.51. The summed E-state index contributed by atoms with van der Waals surface area (Å²) < 4.78 is 15.9. The summed E-state index contributed by atoms with van der Waals surface area (Å²) in [5.41, 5.74) is 3.63. The van der Waals surface area contributed by atoms with Crippen LogP contribution in [-0.2, 0) is 6.54 Å². The van der Waals surface area contributed by atoms with E-state index in [2.05, 4.69) is 23.0 Å². The Morgan fingerprint density at radius 3 is 2.58 bits per heavy atom. The summed E-state index contributed by atoms with van der Waals surface area (Å²) in [4.78, 5) is 17.1. The molecule has 0 N–H and O–H groups in total. The van der Waals surface area contributed by atoms with E-state index in [0.717, 1.165) is 15.8 Å². The lowest BCUT2D eigenvalue weighted by atomic mass is 10.1. The molecule has 120 valence electrons. The molecule has 1 aromatic heterocycles. The largest absolute Gasteiger partial charge is 0.305 e. The van der Waals surface area contributed by atoms with Crippen molar-refractivity contribution in [1.29, 1.82) is 0 Å². The van der Waals surface area contributed by atoms with Gasteiger partial charge in [0.1, 0.15) is 5.82 Å². The van der Waals surface area contributed by atoms with Gasteiger partial charge in [-0.2, -0.15) is 4.99 Å². The number of halogens is 1. The summed E-state index contributed by atoms with van der Waals surface area (Å²) in [6.07, 6.45) is 5.47. The minimum atomic E-state index is -0.416. The Labute approximate surface area is 143 Å². The second-order valence-electron chi connectivity index (χ2n) is 5.50. The van der Waals surface area contributed by atoms with Crippen LogP contribution >= 0.6 is 11.3 Å². The van der Waals surface area contributed by atoms with Crippen LogP contribution in [0.5, 0.6) is 0 Å². The van der Waals surface area contributed by atoms with Crippen LogP contribution in [0.2, 0.25) is 0 Å². The minimum Gasteiger partial charge on any atom is -0.305 e. The number of rotatable bonds is 2. The standard InChI is InChI=1S/C19H15FN2OS/c1-4-9-22-16-10-12(2)13(3)11-17(16)24-19(22)21-18(23)14-5-7-15(20)8-6-14/h1,5-8,10-11H,9H2,2-3H3. The van der Waals surface area contributed by atoms with Gasteiger partial charge in [0.15, 0.2) is 4.80 Å². The highest BCUT2D eigenvalue weighted by Gasteiger charge is 2.10. The van der Waals surface area contributed by atoms with Crippen LogP contribution in [0.4, 0.5) is 4.39 Å². The van der Waals surface area contributed by atoms with E-state index in [0.29, 0.717) is 16.9 Å². The number of fused-ring (bicyclic) bond motifs is 1. The first-order valence-corrected chi connectivity index (χ1v) is 8.20. The van der Waals surface area contributed by atoms with Crippen molar-refractivity contribution in [2.45, 2.75) is 20.4 Å². The van der Waals surface area contributed by atoms with Gasteiger partial charge in [-0.15, -0.1) is 6.42 Å². The van der Waals surface area contributed by atoms with Crippen LogP contribution in [0.3, 0.4) is 0 Å². The van der Waals surface area contributed by atoms with Gasteiger partial charge >= 0.3 is 0 Å². The second kappa shape index (κ2) is 6.42. The first-order valence-electron chi connectivity index (χ1n) is 7.38. The Morgan fingerprint density at radius 2 is 1.92 bits per heavy atom. The molecule has 0 aliphatic rings. The summed E-state index contributed by atoms with van der Waals surface area (Å²) in [6, 6.07) is 9.47. The van der Waals surface area contributed by atoms with Crippen molar-refractivity contribution in [3.63, 3.8) is 0 Å². The van der Waals surface area contributed by atoms with Crippen molar-refractivity contribution in [3.8, 4) is 12.3 Å². The fourth-order valence-electron chi connectivity index (χ4n) is 2.39. The summed E-state index contributed by atoms with van der Waals surface area (Å²) in [6.45, 7) is 4.41. The monoisotopic (exact) mass is 338 g/mol. The van der Waals surface area contributed by atoms with E-state index < -0.39 is 5.91 Å². The summed E-state index contributed by atoms with van der Waals surface area (Å²) >= 11 is 1.42. The van der Waals surface area contributed by atoms with E-state index in [4.69, 9.17) is 6.42 Å². The molecule has 24 heavy (non-hydrogen) atoms. The Bertz CT molecular complexity index is 1040. The number of aromatic nitrogens is 1. The molecular formula is C19H15FN2OS. The van der Waals surface area contributed by atoms with Gasteiger partial charge in [0.2, 0.25) is 0 Å². The molecule has 0 atom stereocenters. The predicted octanol–water partition coefficient (Wildman–Crippen LogP) is 3.83. The Kier molecular flexibility index (Phi) is 4.32. The summed E-state index contributed by atoms with van der Waals surface area (Å²) in [7, 11) is 0. The van der Waals surface area contributed by atoms with E-state index in [1.165, 1.54) is 41.2 Å². The lowest BCUT2D eigenvalue weighted by molar-refractivity contribution is 0.0998. The SMILES string of the molecule is C#CCn1c(=NC(=O)c2ccc(F)cc2)sc2cc(C)c(C)cc21. The van der Waals surface area contributed by atoms with E-state index >= 15 is 0 Å². The van der Waals surface area contributed by atoms with Gasteiger partial charge in [-0.3, -0.25) is 4.79 Å². The number of aryl methyl sites for hydroxylation is 2. The maximum atomic E-state index is 13.0. The number of nitrogens with zero attached hydrogens (tertiary/aromatic N) is 2. The van der Waals surface area contributed by atoms with Crippen LogP contribution < -0.4 is 4.80 Å².